The summed E-state index contributed by atoms with van der Waals surface area (Å²) in [5.74, 6) is 2.19. The van der Waals surface area contributed by atoms with Crippen LogP contribution in [0, 0.1) is 24.2 Å². The van der Waals surface area contributed by atoms with E-state index in [2.05, 4.69) is 17.7 Å². The molecule has 1 aromatic heterocycles. The quantitative estimate of drug-likeness (QED) is 0.853. The number of aromatic nitrogens is 2. The summed E-state index contributed by atoms with van der Waals surface area (Å²) in [7, 11) is 0. The van der Waals surface area contributed by atoms with E-state index in [4.69, 9.17) is 9.84 Å². The highest BCUT2D eigenvalue weighted by Gasteiger charge is 2.84. The number of amides is 1. The van der Waals surface area contributed by atoms with E-state index in [-0.39, 0.29) is 6.09 Å². The van der Waals surface area contributed by atoms with Gasteiger partial charge in [-0.2, -0.15) is 5.10 Å². The fourth-order valence-corrected chi connectivity index (χ4v) is 4.76. The highest BCUT2D eigenvalue weighted by molar-refractivity contribution is 5.69. The second kappa shape index (κ2) is 4.36. The summed E-state index contributed by atoms with van der Waals surface area (Å²) in [6, 6.07) is 2.89. The van der Waals surface area contributed by atoms with Gasteiger partial charge in [-0.3, -0.25) is 4.68 Å². The molecule has 5 nitrogen and oxygen atoms in total. The van der Waals surface area contributed by atoms with Crippen LogP contribution >= 0.6 is 0 Å². The Morgan fingerprint density at radius 1 is 1.33 bits per heavy atom. The summed E-state index contributed by atoms with van der Waals surface area (Å²) in [4.78, 5) is 14.0. The molecule has 1 aliphatic heterocycles. The van der Waals surface area contributed by atoms with Gasteiger partial charge in [0.05, 0.1) is 11.7 Å². The molecule has 130 valence electrons. The van der Waals surface area contributed by atoms with E-state index >= 15 is 0 Å². The molecule has 4 fully saturated rings. The number of hydrogen-bond donors (Lipinski definition) is 0. The third kappa shape index (κ3) is 2.06. The maximum Gasteiger partial charge on any atom is 0.410 e. The lowest BCUT2D eigenvalue weighted by molar-refractivity contribution is -0.0105. The van der Waals surface area contributed by atoms with Gasteiger partial charge >= 0.3 is 6.09 Å². The third-order valence-corrected chi connectivity index (χ3v) is 6.37. The van der Waals surface area contributed by atoms with Crippen molar-refractivity contribution in [2.45, 2.75) is 64.5 Å². The number of likely N-dealkylation sites (tertiary alicyclic amines) is 1. The molecule has 0 bridgehead atoms. The predicted octanol–water partition coefficient (Wildman–Crippen LogP) is 3.50. The lowest BCUT2D eigenvalue weighted by atomic mass is 9.87. The minimum Gasteiger partial charge on any atom is -0.444 e. The molecule has 1 aromatic rings. The molecule has 0 aromatic carbocycles. The van der Waals surface area contributed by atoms with E-state index in [0.29, 0.717) is 17.4 Å². The van der Waals surface area contributed by atoms with Gasteiger partial charge in [-0.05, 0) is 58.9 Å². The van der Waals surface area contributed by atoms with Gasteiger partial charge in [0.2, 0.25) is 0 Å². The Bertz CT molecular complexity index is 709. The number of hydrogen-bond acceptors (Lipinski definition) is 3. The summed E-state index contributed by atoms with van der Waals surface area (Å²) in [5.41, 5.74) is 2.66. The van der Waals surface area contributed by atoms with E-state index in [1.807, 2.05) is 25.7 Å². The molecular formula is C19H27N3O2. The normalized spacial score (nSPS) is 34.6. The monoisotopic (exact) mass is 329 g/mol. The van der Waals surface area contributed by atoms with E-state index in [0.717, 1.165) is 30.6 Å². The molecular weight excluding hydrogens is 302 g/mol. The minimum atomic E-state index is -0.406. The molecule has 3 unspecified atom stereocenters. The molecule has 4 aliphatic rings. The van der Waals surface area contributed by atoms with Crippen LogP contribution in [-0.4, -0.2) is 39.5 Å². The summed E-state index contributed by atoms with van der Waals surface area (Å²) in [5, 5.41) is 4.81. The predicted molar refractivity (Wildman–Crippen MR) is 89.8 cm³/mol. The average molecular weight is 329 g/mol. The van der Waals surface area contributed by atoms with Crippen molar-refractivity contribution in [2.75, 3.05) is 13.1 Å². The Hall–Kier alpha value is -1.52. The van der Waals surface area contributed by atoms with Crippen LogP contribution in [0.3, 0.4) is 0 Å². The Balaban J connectivity index is 1.25. The molecule has 1 saturated heterocycles. The molecule has 0 radical (unpaired) electrons. The first kappa shape index (κ1) is 14.8. The Kier molecular flexibility index (Phi) is 2.68. The van der Waals surface area contributed by atoms with Crippen LogP contribution in [0.4, 0.5) is 4.79 Å². The first-order chi connectivity index (χ1) is 11.3. The summed E-state index contributed by atoms with van der Waals surface area (Å²) < 4.78 is 7.84. The molecule has 24 heavy (non-hydrogen) atoms. The van der Waals surface area contributed by atoms with Crippen molar-refractivity contribution in [2.24, 2.45) is 17.3 Å². The second-order valence-corrected chi connectivity index (χ2v) is 9.38. The Morgan fingerprint density at radius 3 is 2.62 bits per heavy atom. The largest absolute Gasteiger partial charge is 0.444 e. The zero-order chi connectivity index (χ0) is 16.9. The zero-order valence-electron chi connectivity index (χ0n) is 15.1. The number of ether oxygens (including phenoxy) is 1. The summed E-state index contributed by atoms with van der Waals surface area (Å²) >= 11 is 0. The first-order valence-corrected chi connectivity index (χ1v) is 9.33. The van der Waals surface area contributed by atoms with Crippen molar-refractivity contribution >= 4 is 6.09 Å². The van der Waals surface area contributed by atoms with Crippen LogP contribution in [0.2, 0.25) is 0 Å². The zero-order valence-corrected chi connectivity index (χ0v) is 15.1. The molecule has 2 heterocycles. The second-order valence-electron chi connectivity index (χ2n) is 9.38. The summed E-state index contributed by atoms with van der Waals surface area (Å²) in [6.07, 6.45) is 3.82. The van der Waals surface area contributed by atoms with Gasteiger partial charge in [-0.15, -0.1) is 0 Å². The highest BCUT2D eigenvalue weighted by atomic mass is 16.6. The van der Waals surface area contributed by atoms with E-state index < -0.39 is 5.60 Å². The lowest BCUT2D eigenvalue weighted by Gasteiger charge is -2.42. The van der Waals surface area contributed by atoms with Crippen LogP contribution < -0.4 is 0 Å². The molecule has 5 heteroatoms. The van der Waals surface area contributed by atoms with Gasteiger partial charge in [0, 0.05) is 36.0 Å². The van der Waals surface area contributed by atoms with Crippen LogP contribution in [0.25, 0.3) is 0 Å². The maximum absolute atomic E-state index is 12.1. The van der Waals surface area contributed by atoms with Crippen molar-refractivity contribution in [3.8, 4) is 0 Å². The van der Waals surface area contributed by atoms with Crippen molar-refractivity contribution in [1.82, 2.24) is 14.7 Å². The SMILES string of the molecule is Cc1cc(C2CC2)n(C2C3CC32C2CN(C(=O)OC(C)(C)C)C2)n1. The van der Waals surface area contributed by atoms with Crippen molar-refractivity contribution < 1.29 is 9.53 Å². The number of rotatable bonds is 3. The first-order valence-electron chi connectivity index (χ1n) is 9.33. The molecule has 3 saturated carbocycles. The Morgan fingerprint density at radius 2 is 2.04 bits per heavy atom. The van der Waals surface area contributed by atoms with Gasteiger partial charge in [0.25, 0.3) is 0 Å². The highest BCUT2D eigenvalue weighted by Crippen LogP contribution is 2.86. The maximum atomic E-state index is 12.1. The average Bonchev–Trinajstić information content (AvgIpc) is 3.26. The van der Waals surface area contributed by atoms with Gasteiger partial charge in [-0.1, -0.05) is 0 Å². The summed E-state index contributed by atoms with van der Waals surface area (Å²) in [6.45, 7) is 9.61. The number of aryl methyl sites for hydroxylation is 1. The van der Waals surface area contributed by atoms with E-state index in [1.54, 1.807) is 0 Å². The standard InChI is InChI=1S/C19H27N3O2/c1-11-7-15(12-5-6-12)22(20-11)16-14-8-19(14,16)13-9-21(10-13)17(23)24-18(2,3)4/h7,12-14,16H,5-6,8-10H2,1-4H3. The smallest absolute Gasteiger partial charge is 0.410 e. The van der Waals surface area contributed by atoms with Crippen LogP contribution in [-0.2, 0) is 4.74 Å². The number of nitrogens with zero attached hydrogens (tertiary/aromatic N) is 3. The topological polar surface area (TPSA) is 47.4 Å². The van der Waals surface area contributed by atoms with Crippen LogP contribution in [0.1, 0.15) is 63.4 Å². The van der Waals surface area contributed by atoms with Crippen molar-refractivity contribution in [1.29, 1.82) is 0 Å². The lowest BCUT2D eigenvalue weighted by Crippen LogP contribution is -2.53. The van der Waals surface area contributed by atoms with Gasteiger partial charge in [0.15, 0.2) is 0 Å². The van der Waals surface area contributed by atoms with Crippen molar-refractivity contribution in [3.05, 3.63) is 17.5 Å². The molecule has 0 spiro atoms. The molecule has 3 atom stereocenters. The molecule has 3 aliphatic carbocycles. The number of carbonyl (C=O) groups is 1. The van der Waals surface area contributed by atoms with Crippen LogP contribution in [0.15, 0.2) is 6.07 Å². The third-order valence-electron chi connectivity index (χ3n) is 6.37. The number of fused-ring (bicyclic) bond motifs is 1. The molecule has 0 N–H and O–H groups in total. The fourth-order valence-electron chi connectivity index (χ4n) is 4.76. The molecule has 5 rings (SSSR count). The number of carbonyl (C=O) groups excluding carboxylic acids is 1. The Labute approximate surface area is 143 Å². The van der Waals surface area contributed by atoms with E-state index in [9.17, 15) is 4.79 Å². The van der Waals surface area contributed by atoms with Crippen molar-refractivity contribution in [3.63, 3.8) is 0 Å². The van der Waals surface area contributed by atoms with Crippen LogP contribution in [0.5, 0.6) is 0 Å². The fraction of sp³-hybridized carbons (Fsp3) is 0.789. The van der Waals surface area contributed by atoms with E-state index in [1.165, 1.54) is 25.0 Å². The van der Waals surface area contributed by atoms with Gasteiger partial charge < -0.3 is 9.64 Å². The van der Waals surface area contributed by atoms with Gasteiger partial charge in [0.1, 0.15) is 5.60 Å². The van der Waals surface area contributed by atoms with Gasteiger partial charge in [-0.25, -0.2) is 4.79 Å². The molecule has 1 amide bonds. The minimum absolute atomic E-state index is 0.154.